The van der Waals surface area contributed by atoms with E-state index in [9.17, 15) is 17.8 Å². The molecule has 0 saturated carbocycles. The molecule has 0 spiro atoms. The molecule has 0 aliphatic heterocycles. The van der Waals surface area contributed by atoms with E-state index in [0.29, 0.717) is 6.42 Å². The molecule has 0 bridgehead atoms. The fraction of sp³-hybridized carbons (Fsp3) is 0.857. The van der Waals surface area contributed by atoms with E-state index in [2.05, 4.69) is 25.3 Å². The van der Waals surface area contributed by atoms with Crippen LogP contribution in [0.25, 0.3) is 0 Å². The van der Waals surface area contributed by atoms with Crippen molar-refractivity contribution in [2.75, 3.05) is 34.8 Å². The molecule has 0 aliphatic carbocycles. The lowest BCUT2D eigenvalue weighted by atomic mass is 10.4. The summed E-state index contributed by atoms with van der Waals surface area (Å²) < 4.78 is 31.9. The van der Waals surface area contributed by atoms with Crippen LogP contribution >= 0.6 is 0 Å². The molecule has 0 rings (SSSR count). The molecule has 0 aliphatic rings. The molecule has 0 aromatic heterocycles. The SMILES string of the molecule is COS(=O)(=O)[O-].C[N+](C)(C)CCC=O. The number of carbonyl (C=O) groups excluding carboxylic acids is 1. The quantitative estimate of drug-likeness (QED) is 0.276. The van der Waals surface area contributed by atoms with E-state index in [4.69, 9.17) is 0 Å². The van der Waals surface area contributed by atoms with Gasteiger partial charge in [0.15, 0.2) is 0 Å². The van der Waals surface area contributed by atoms with Crippen LogP contribution in [0.5, 0.6) is 0 Å². The van der Waals surface area contributed by atoms with Gasteiger partial charge >= 0.3 is 0 Å². The lowest BCUT2D eigenvalue weighted by molar-refractivity contribution is -0.869. The van der Waals surface area contributed by atoms with Gasteiger partial charge in [0.05, 0.1) is 41.2 Å². The monoisotopic (exact) mass is 227 g/mol. The van der Waals surface area contributed by atoms with E-state index in [1.54, 1.807) is 0 Å². The van der Waals surface area contributed by atoms with Gasteiger partial charge in [0.2, 0.25) is 10.4 Å². The van der Waals surface area contributed by atoms with Gasteiger partial charge in [-0.05, 0) is 0 Å². The zero-order chi connectivity index (χ0) is 11.8. The molecule has 0 N–H and O–H groups in total. The summed E-state index contributed by atoms with van der Waals surface area (Å²) in [5.74, 6) is 0. The molecule has 0 radical (unpaired) electrons. The molecule has 6 nitrogen and oxygen atoms in total. The largest absolute Gasteiger partial charge is 0.726 e. The fourth-order valence-corrected chi connectivity index (χ4v) is 0.440. The third kappa shape index (κ3) is 22.5. The lowest BCUT2D eigenvalue weighted by Crippen LogP contribution is -2.35. The van der Waals surface area contributed by atoms with E-state index < -0.39 is 10.4 Å². The number of hydrogen-bond donors (Lipinski definition) is 0. The Hall–Kier alpha value is -0.500. The highest BCUT2D eigenvalue weighted by Gasteiger charge is 2.03. The van der Waals surface area contributed by atoms with Crippen molar-refractivity contribution in [3.8, 4) is 0 Å². The van der Waals surface area contributed by atoms with Crippen LogP contribution < -0.4 is 0 Å². The van der Waals surface area contributed by atoms with Gasteiger partial charge in [-0.15, -0.1) is 0 Å². The molecule has 0 amide bonds. The van der Waals surface area contributed by atoms with Crippen LogP contribution in [0.3, 0.4) is 0 Å². The van der Waals surface area contributed by atoms with Gasteiger partial charge in [0, 0.05) is 0 Å². The lowest BCUT2D eigenvalue weighted by Gasteiger charge is -2.22. The second kappa shape index (κ2) is 6.88. The van der Waals surface area contributed by atoms with Gasteiger partial charge in [-0.1, -0.05) is 0 Å². The first-order valence-corrected chi connectivity index (χ1v) is 5.21. The van der Waals surface area contributed by atoms with Crippen LogP contribution in [-0.2, 0) is 19.4 Å². The molecule has 7 heteroatoms. The van der Waals surface area contributed by atoms with Crippen LogP contribution in [0, 0.1) is 0 Å². The van der Waals surface area contributed by atoms with E-state index in [-0.39, 0.29) is 0 Å². The Balaban J connectivity index is 0. The Kier molecular flexibility index (Phi) is 7.84. The summed E-state index contributed by atoms with van der Waals surface area (Å²) in [5, 5.41) is 0. The van der Waals surface area contributed by atoms with Crippen molar-refractivity contribution >= 4 is 16.7 Å². The highest BCUT2D eigenvalue weighted by atomic mass is 32.3. The smallest absolute Gasteiger partial charge is 0.217 e. The second-order valence-electron chi connectivity index (χ2n) is 3.54. The average Bonchev–Trinajstić information content (AvgIpc) is 1.99. The number of rotatable bonds is 4. The molecule has 0 aromatic rings. The Labute approximate surface area is 85.0 Å². The van der Waals surface area contributed by atoms with Crippen LogP contribution in [0.15, 0.2) is 0 Å². The predicted molar refractivity (Wildman–Crippen MR) is 50.3 cm³/mol. The summed E-state index contributed by atoms with van der Waals surface area (Å²) in [7, 11) is 2.61. The first-order chi connectivity index (χ1) is 6.12. The number of carbonyl (C=O) groups is 1. The molecule has 0 unspecified atom stereocenters. The number of quaternary nitrogens is 1. The van der Waals surface area contributed by atoms with E-state index in [0.717, 1.165) is 24.4 Å². The molecule has 14 heavy (non-hydrogen) atoms. The van der Waals surface area contributed by atoms with Gasteiger partial charge in [0.1, 0.15) is 6.29 Å². The minimum atomic E-state index is -4.41. The summed E-state index contributed by atoms with van der Waals surface area (Å²) in [5.41, 5.74) is 0. The highest BCUT2D eigenvalue weighted by Crippen LogP contribution is 1.89. The molecule has 86 valence electrons. The zero-order valence-electron chi connectivity index (χ0n) is 8.89. The highest BCUT2D eigenvalue weighted by molar-refractivity contribution is 7.80. The topological polar surface area (TPSA) is 83.5 Å². The van der Waals surface area contributed by atoms with Crippen LogP contribution in [0.1, 0.15) is 6.42 Å². The van der Waals surface area contributed by atoms with Gasteiger partial charge in [-0.25, -0.2) is 8.42 Å². The van der Waals surface area contributed by atoms with E-state index >= 15 is 0 Å². The fourth-order valence-electron chi connectivity index (χ4n) is 0.440. The minimum Gasteiger partial charge on any atom is -0.726 e. The Morgan fingerprint density at radius 2 is 1.71 bits per heavy atom. The average molecular weight is 227 g/mol. The number of aldehydes is 1. The first kappa shape index (κ1) is 15.9. The maximum atomic E-state index is 9.84. The molecular weight excluding hydrogens is 210 g/mol. The molecule has 0 saturated heterocycles. The van der Waals surface area contributed by atoms with E-state index in [1.807, 2.05) is 0 Å². The van der Waals surface area contributed by atoms with Crippen molar-refractivity contribution in [2.24, 2.45) is 0 Å². The maximum absolute atomic E-state index is 9.84. The van der Waals surface area contributed by atoms with Gasteiger partial charge in [-0.2, -0.15) is 0 Å². The van der Waals surface area contributed by atoms with Crippen molar-refractivity contribution < 1.29 is 26.4 Å². The third-order valence-electron chi connectivity index (χ3n) is 1.12. The van der Waals surface area contributed by atoms with Crippen molar-refractivity contribution in [2.45, 2.75) is 6.42 Å². The zero-order valence-corrected chi connectivity index (χ0v) is 9.70. The summed E-state index contributed by atoms with van der Waals surface area (Å²) in [6.07, 6.45) is 1.63. The molecule has 0 atom stereocenters. The van der Waals surface area contributed by atoms with Crippen LogP contribution in [0.2, 0.25) is 0 Å². The van der Waals surface area contributed by atoms with Crippen LogP contribution in [-0.4, -0.2) is 58.5 Å². The maximum Gasteiger partial charge on any atom is 0.217 e. The molecule has 0 aromatic carbocycles. The normalized spacial score (nSPS) is 11.5. The van der Waals surface area contributed by atoms with Gasteiger partial charge < -0.3 is 13.8 Å². The third-order valence-corrected chi connectivity index (χ3v) is 1.53. The summed E-state index contributed by atoms with van der Waals surface area (Å²) in [6.45, 7) is 0.934. The van der Waals surface area contributed by atoms with E-state index in [1.165, 1.54) is 0 Å². The molecule has 0 fully saturated rings. The molecule has 0 heterocycles. The minimum absolute atomic E-state index is 0.670. The van der Waals surface area contributed by atoms with Crippen LogP contribution in [0.4, 0.5) is 0 Å². The standard InChI is InChI=1S/C6H14NO.CH4O4S/c1-7(2,3)5-4-6-8;1-5-6(2,3)4/h6H,4-5H2,1-3H3;1H3,(H,2,3,4)/q+1;/p-1. The van der Waals surface area contributed by atoms with Gasteiger partial charge in [0.25, 0.3) is 0 Å². The van der Waals surface area contributed by atoms with Crippen molar-refractivity contribution in [1.29, 1.82) is 0 Å². The number of hydrogen-bond acceptors (Lipinski definition) is 5. The Bertz CT molecular complexity index is 241. The Morgan fingerprint density at radius 1 is 1.36 bits per heavy atom. The first-order valence-electron chi connectivity index (χ1n) is 3.88. The molecular formula is C7H17NO5S. The van der Waals surface area contributed by atoms with Gasteiger partial charge in [-0.3, -0.25) is 4.18 Å². The summed E-state index contributed by atoms with van der Waals surface area (Å²) >= 11 is 0. The predicted octanol–water partition coefficient (Wildman–Crippen LogP) is -0.625. The summed E-state index contributed by atoms with van der Waals surface area (Å²) in [6, 6.07) is 0. The second-order valence-corrected chi connectivity index (χ2v) is 4.69. The van der Waals surface area contributed by atoms with Crippen molar-refractivity contribution in [3.05, 3.63) is 0 Å². The summed E-state index contributed by atoms with van der Waals surface area (Å²) in [4.78, 5) is 9.84. The van der Waals surface area contributed by atoms with Crippen molar-refractivity contribution in [3.63, 3.8) is 0 Å². The number of nitrogens with zero attached hydrogens (tertiary/aromatic N) is 1. The Morgan fingerprint density at radius 3 is 1.79 bits per heavy atom. The van der Waals surface area contributed by atoms with Crippen molar-refractivity contribution in [1.82, 2.24) is 0 Å².